The van der Waals surface area contributed by atoms with E-state index in [0.717, 1.165) is 19.6 Å². The summed E-state index contributed by atoms with van der Waals surface area (Å²) in [5.74, 6) is 0. The lowest BCUT2D eigenvalue weighted by molar-refractivity contribution is 0.427. The van der Waals surface area contributed by atoms with Gasteiger partial charge < -0.3 is 10.6 Å². The average molecular weight is 241 g/mol. The second-order valence-electron chi connectivity index (χ2n) is 4.52. The van der Waals surface area contributed by atoms with E-state index in [1.807, 2.05) is 0 Å². The molecule has 1 fully saturated rings. The van der Waals surface area contributed by atoms with Crippen LogP contribution in [0.15, 0.2) is 12.1 Å². The van der Waals surface area contributed by atoms with Crippen LogP contribution in [0, 0.1) is 20.8 Å². The first-order chi connectivity index (χ1) is 7.18. The van der Waals surface area contributed by atoms with Gasteiger partial charge in [0.15, 0.2) is 0 Å². The highest BCUT2D eigenvalue weighted by Gasteiger charge is 2.17. The average Bonchev–Trinajstić information content (AvgIpc) is 2.17. The van der Waals surface area contributed by atoms with E-state index in [1.54, 1.807) is 0 Å². The summed E-state index contributed by atoms with van der Waals surface area (Å²) in [6, 6.07) is 5.04. The van der Waals surface area contributed by atoms with Gasteiger partial charge in [0.25, 0.3) is 0 Å². The van der Waals surface area contributed by atoms with Crippen LogP contribution in [-0.4, -0.2) is 19.6 Å². The highest BCUT2D eigenvalue weighted by molar-refractivity contribution is 5.85. The molecule has 0 bridgehead atoms. The molecule has 1 saturated heterocycles. The Morgan fingerprint density at radius 1 is 1.06 bits per heavy atom. The quantitative estimate of drug-likeness (QED) is 0.787. The van der Waals surface area contributed by atoms with Crippen molar-refractivity contribution in [3.05, 3.63) is 34.4 Å². The minimum Gasteiger partial charge on any atom is -0.314 e. The maximum atomic E-state index is 3.57. The van der Waals surface area contributed by atoms with Crippen molar-refractivity contribution in [2.45, 2.75) is 26.8 Å². The van der Waals surface area contributed by atoms with E-state index < -0.39 is 0 Å². The Hall–Kier alpha value is -0.570. The molecule has 0 saturated carbocycles. The summed E-state index contributed by atoms with van der Waals surface area (Å²) in [5, 5.41) is 7.01. The van der Waals surface area contributed by atoms with Crippen LogP contribution < -0.4 is 10.6 Å². The summed E-state index contributed by atoms with van der Waals surface area (Å²) in [7, 11) is 0. The van der Waals surface area contributed by atoms with Gasteiger partial charge in [0.05, 0.1) is 0 Å². The van der Waals surface area contributed by atoms with Crippen molar-refractivity contribution in [2.24, 2.45) is 0 Å². The number of halogens is 1. The fourth-order valence-electron chi connectivity index (χ4n) is 2.60. The molecule has 90 valence electrons. The smallest absolute Gasteiger partial charge is 0.0452 e. The Morgan fingerprint density at radius 3 is 2.19 bits per heavy atom. The van der Waals surface area contributed by atoms with Gasteiger partial charge in [0.1, 0.15) is 0 Å². The second kappa shape index (κ2) is 5.67. The summed E-state index contributed by atoms with van der Waals surface area (Å²) in [6.45, 7) is 9.79. The Balaban J connectivity index is 0.00000128. The molecule has 1 aromatic carbocycles. The van der Waals surface area contributed by atoms with Gasteiger partial charge in [0, 0.05) is 25.7 Å². The maximum absolute atomic E-state index is 3.57. The van der Waals surface area contributed by atoms with E-state index >= 15 is 0 Å². The molecule has 0 aromatic heterocycles. The van der Waals surface area contributed by atoms with Gasteiger partial charge in [-0.05, 0) is 37.5 Å². The number of piperazine rings is 1. The SMILES string of the molecule is Cc1cc(C)c([C@@H]2CNCCN2)c(C)c1.Cl. The van der Waals surface area contributed by atoms with Crippen molar-refractivity contribution in [1.29, 1.82) is 0 Å². The van der Waals surface area contributed by atoms with Gasteiger partial charge >= 0.3 is 0 Å². The molecular formula is C13H21ClN2. The second-order valence-corrected chi connectivity index (χ2v) is 4.52. The Morgan fingerprint density at radius 2 is 1.69 bits per heavy atom. The zero-order valence-corrected chi connectivity index (χ0v) is 11.1. The third-order valence-electron chi connectivity index (χ3n) is 3.13. The highest BCUT2D eigenvalue weighted by Crippen LogP contribution is 2.23. The van der Waals surface area contributed by atoms with Crippen LogP contribution in [0.3, 0.4) is 0 Å². The minimum absolute atomic E-state index is 0. The van der Waals surface area contributed by atoms with Gasteiger partial charge in [-0.15, -0.1) is 12.4 Å². The van der Waals surface area contributed by atoms with E-state index in [4.69, 9.17) is 0 Å². The van der Waals surface area contributed by atoms with Crippen LogP contribution in [-0.2, 0) is 0 Å². The van der Waals surface area contributed by atoms with E-state index in [0.29, 0.717) is 6.04 Å². The van der Waals surface area contributed by atoms with Crippen LogP contribution >= 0.6 is 12.4 Å². The fourth-order valence-corrected chi connectivity index (χ4v) is 2.60. The van der Waals surface area contributed by atoms with Crippen molar-refractivity contribution in [2.75, 3.05) is 19.6 Å². The molecule has 3 heteroatoms. The lowest BCUT2D eigenvalue weighted by Gasteiger charge is -2.27. The third kappa shape index (κ3) is 2.76. The Kier molecular flexibility index (Phi) is 4.78. The predicted octanol–water partition coefficient (Wildman–Crippen LogP) is 2.27. The van der Waals surface area contributed by atoms with Crippen molar-refractivity contribution in [3.63, 3.8) is 0 Å². The molecule has 0 amide bonds. The summed E-state index contributed by atoms with van der Waals surface area (Å²) >= 11 is 0. The van der Waals surface area contributed by atoms with Crippen molar-refractivity contribution < 1.29 is 0 Å². The topological polar surface area (TPSA) is 24.1 Å². The van der Waals surface area contributed by atoms with Crippen LogP contribution in [0.4, 0.5) is 0 Å². The molecule has 0 aliphatic carbocycles. The summed E-state index contributed by atoms with van der Waals surface area (Å²) < 4.78 is 0. The Labute approximate surface area is 104 Å². The zero-order chi connectivity index (χ0) is 10.8. The molecule has 1 aliphatic heterocycles. The number of hydrogen-bond acceptors (Lipinski definition) is 2. The Bertz CT molecular complexity index is 334. The predicted molar refractivity (Wildman–Crippen MR) is 71.5 cm³/mol. The molecule has 1 atom stereocenters. The first kappa shape index (κ1) is 13.5. The molecule has 0 unspecified atom stereocenters. The fraction of sp³-hybridized carbons (Fsp3) is 0.538. The zero-order valence-electron chi connectivity index (χ0n) is 10.3. The molecule has 16 heavy (non-hydrogen) atoms. The van der Waals surface area contributed by atoms with E-state index in [2.05, 4.69) is 43.5 Å². The number of rotatable bonds is 1. The first-order valence-electron chi connectivity index (χ1n) is 5.70. The summed E-state index contributed by atoms with van der Waals surface area (Å²) in [6.07, 6.45) is 0. The van der Waals surface area contributed by atoms with Crippen LogP contribution in [0.2, 0.25) is 0 Å². The molecule has 1 aromatic rings. The van der Waals surface area contributed by atoms with E-state index in [1.165, 1.54) is 22.3 Å². The molecule has 1 heterocycles. The normalized spacial score (nSPS) is 20.3. The molecule has 2 nitrogen and oxygen atoms in total. The third-order valence-corrected chi connectivity index (χ3v) is 3.13. The van der Waals surface area contributed by atoms with Crippen LogP contribution in [0.25, 0.3) is 0 Å². The number of hydrogen-bond donors (Lipinski definition) is 2. The first-order valence-corrected chi connectivity index (χ1v) is 5.70. The van der Waals surface area contributed by atoms with Crippen LogP contribution in [0.5, 0.6) is 0 Å². The van der Waals surface area contributed by atoms with Gasteiger partial charge in [-0.2, -0.15) is 0 Å². The highest BCUT2D eigenvalue weighted by atomic mass is 35.5. The maximum Gasteiger partial charge on any atom is 0.0452 e. The molecule has 0 spiro atoms. The largest absolute Gasteiger partial charge is 0.314 e. The minimum atomic E-state index is 0. The van der Waals surface area contributed by atoms with Gasteiger partial charge in [-0.3, -0.25) is 0 Å². The van der Waals surface area contributed by atoms with Crippen molar-refractivity contribution >= 4 is 12.4 Å². The summed E-state index contributed by atoms with van der Waals surface area (Å²) in [5.41, 5.74) is 5.66. The summed E-state index contributed by atoms with van der Waals surface area (Å²) in [4.78, 5) is 0. The van der Waals surface area contributed by atoms with Crippen molar-refractivity contribution in [1.82, 2.24) is 10.6 Å². The molecular weight excluding hydrogens is 220 g/mol. The molecule has 1 aliphatic rings. The molecule has 2 rings (SSSR count). The van der Waals surface area contributed by atoms with Gasteiger partial charge in [0.2, 0.25) is 0 Å². The standard InChI is InChI=1S/C13H20N2.ClH/c1-9-6-10(2)13(11(3)7-9)12-8-14-4-5-15-12;/h6-7,12,14-15H,4-5,8H2,1-3H3;1H/t12-;/m0./s1. The number of aryl methyl sites for hydroxylation is 3. The molecule has 2 N–H and O–H groups in total. The van der Waals surface area contributed by atoms with E-state index in [9.17, 15) is 0 Å². The van der Waals surface area contributed by atoms with Crippen molar-refractivity contribution in [3.8, 4) is 0 Å². The van der Waals surface area contributed by atoms with Gasteiger partial charge in [-0.25, -0.2) is 0 Å². The number of benzene rings is 1. The van der Waals surface area contributed by atoms with E-state index in [-0.39, 0.29) is 12.4 Å². The van der Waals surface area contributed by atoms with Crippen LogP contribution in [0.1, 0.15) is 28.3 Å². The number of nitrogens with one attached hydrogen (secondary N) is 2. The monoisotopic (exact) mass is 240 g/mol. The lowest BCUT2D eigenvalue weighted by atomic mass is 9.93. The lowest BCUT2D eigenvalue weighted by Crippen LogP contribution is -2.43. The van der Waals surface area contributed by atoms with Gasteiger partial charge in [-0.1, -0.05) is 17.7 Å². The molecule has 0 radical (unpaired) electrons.